The Morgan fingerprint density at radius 2 is 2.00 bits per heavy atom. The van der Waals surface area contributed by atoms with Gasteiger partial charge in [0.25, 0.3) is 0 Å². The van der Waals surface area contributed by atoms with Gasteiger partial charge in [0.1, 0.15) is 11.0 Å². The summed E-state index contributed by atoms with van der Waals surface area (Å²) in [5, 5.41) is -0.638. The second-order valence-electron chi connectivity index (χ2n) is 4.10. The Bertz CT molecular complexity index is 445. The summed E-state index contributed by atoms with van der Waals surface area (Å²) in [6.45, 7) is 2.03. The van der Waals surface area contributed by atoms with Crippen LogP contribution >= 0.6 is 0 Å². The predicted molar refractivity (Wildman–Crippen MR) is 74.7 cm³/mol. The molecule has 2 unspecified atom stereocenters. The number of unbranched alkanes of at least 4 members (excludes halogenated alkanes) is 1. The number of para-hydroxylation sites is 1. The molecule has 5 heteroatoms. The lowest BCUT2D eigenvalue weighted by molar-refractivity contribution is -0.140. The van der Waals surface area contributed by atoms with Gasteiger partial charge < -0.3 is 9.47 Å². The first-order valence-electron chi connectivity index (χ1n) is 6.27. The predicted octanol–water partition coefficient (Wildman–Crippen LogP) is 2.53. The molecule has 0 fully saturated rings. The summed E-state index contributed by atoms with van der Waals surface area (Å²) >= 11 is 0. The first-order valence-corrected chi connectivity index (χ1v) is 7.48. The molecule has 0 aliphatic carbocycles. The molecule has 1 aromatic rings. The summed E-state index contributed by atoms with van der Waals surface area (Å²) < 4.78 is 22.5. The van der Waals surface area contributed by atoms with E-state index in [9.17, 15) is 9.00 Å². The van der Waals surface area contributed by atoms with Crippen LogP contribution in [0, 0.1) is 0 Å². The first-order chi connectivity index (χ1) is 9.15. The van der Waals surface area contributed by atoms with Crippen LogP contribution in [0.4, 0.5) is 0 Å². The van der Waals surface area contributed by atoms with E-state index in [0.717, 1.165) is 12.8 Å². The lowest BCUT2D eigenvalue weighted by atomic mass is 10.2. The smallest absolute Gasteiger partial charge is 0.321 e. The number of ether oxygens (including phenoxy) is 2. The van der Waals surface area contributed by atoms with Crippen molar-refractivity contribution in [3.05, 3.63) is 24.3 Å². The highest BCUT2D eigenvalue weighted by atomic mass is 32.2. The van der Waals surface area contributed by atoms with Gasteiger partial charge in [-0.05, 0) is 18.6 Å². The number of carbonyl (C=O) groups is 1. The van der Waals surface area contributed by atoms with Gasteiger partial charge in [-0.1, -0.05) is 31.9 Å². The molecular weight excluding hydrogens is 264 g/mol. The molecule has 1 rings (SSSR count). The summed E-state index contributed by atoms with van der Waals surface area (Å²) in [6, 6.07) is 7.04. The summed E-state index contributed by atoms with van der Waals surface area (Å²) in [4.78, 5) is 12.3. The van der Waals surface area contributed by atoms with Crippen LogP contribution in [0.5, 0.6) is 5.75 Å². The highest BCUT2D eigenvalue weighted by molar-refractivity contribution is 7.86. The van der Waals surface area contributed by atoms with Crippen molar-refractivity contribution < 1.29 is 18.5 Å². The van der Waals surface area contributed by atoms with Crippen molar-refractivity contribution in [3.63, 3.8) is 0 Å². The molecule has 0 aromatic heterocycles. The van der Waals surface area contributed by atoms with Crippen LogP contribution in [0.25, 0.3) is 0 Å². The average Bonchev–Trinajstić information content (AvgIpc) is 2.46. The Labute approximate surface area is 116 Å². The normalized spacial score (nSPS) is 13.6. The van der Waals surface area contributed by atoms with E-state index in [4.69, 9.17) is 9.47 Å². The monoisotopic (exact) mass is 284 g/mol. The Morgan fingerprint density at radius 1 is 1.32 bits per heavy atom. The van der Waals surface area contributed by atoms with Crippen molar-refractivity contribution in [2.75, 3.05) is 14.2 Å². The minimum atomic E-state index is -1.46. The molecule has 0 aliphatic rings. The molecular formula is C14H20O4S. The standard InChI is InChI=1S/C14H20O4S/c1-4-5-9-13(14(15)18-3)19(16)12-10-7-6-8-11(12)17-2/h6-8,10,13H,4-5,9H2,1-3H3. The maximum Gasteiger partial charge on any atom is 0.321 e. The topological polar surface area (TPSA) is 52.6 Å². The van der Waals surface area contributed by atoms with E-state index in [2.05, 4.69) is 0 Å². The van der Waals surface area contributed by atoms with E-state index < -0.39 is 22.0 Å². The fourth-order valence-corrected chi connectivity index (χ4v) is 3.29. The van der Waals surface area contributed by atoms with Crippen LogP contribution in [-0.4, -0.2) is 29.6 Å². The Hall–Kier alpha value is -1.36. The Balaban J connectivity index is 3.01. The molecule has 0 bridgehead atoms. The number of hydrogen-bond donors (Lipinski definition) is 0. The van der Waals surface area contributed by atoms with Gasteiger partial charge in [-0.25, -0.2) is 0 Å². The maximum absolute atomic E-state index is 12.6. The lowest BCUT2D eigenvalue weighted by Gasteiger charge is -2.15. The maximum atomic E-state index is 12.6. The number of esters is 1. The summed E-state index contributed by atoms with van der Waals surface area (Å²) in [7, 11) is 1.38. The van der Waals surface area contributed by atoms with Crippen LogP contribution in [0.2, 0.25) is 0 Å². The van der Waals surface area contributed by atoms with Crippen LogP contribution in [0.15, 0.2) is 29.2 Å². The molecule has 1 aromatic carbocycles. The van der Waals surface area contributed by atoms with Gasteiger partial charge in [0.05, 0.1) is 29.9 Å². The molecule has 0 saturated heterocycles. The molecule has 19 heavy (non-hydrogen) atoms. The van der Waals surface area contributed by atoms with Crippen LogP contribution < -0.4 is 4.74 Å². The highest BCUT2D eigenvalue weighted by Crippen LogP contribution is 2.25. The van der Waals surface area contributed by atoms with Crippen molar-refractivity contribution in [2.24, 2.45) is 0 Å². The molecule has 0 amide bonds. The minimum absolute atomic E-state index is 0.433. The summed E-state index contributed by atoms with van der Waals surface area (Å²) in [5.74, 6) is 0.101. The zero-order chi connectivity index (χ0) is 14.3. The third kappa shape index (κ3) is 4.06. The third-order valence-electron chi connectivity index (χ3n) is 2.83. The van der Waals surface area contributed by atoms with E-state index >= 15 is 0 Å². The molecule has 0 N–H and O–H groups in total. The van der Waals surface area contributed by atoms with E-state index in [-0.39, 0.29) is 0 Å². The first kappa shape index (κ1) is 15.7. The quantitative estimate of drug-likeness (QED) is 0.722. The Kier molecular flexibility index (Phi) is 6.56. The fourth-order valence-electron chi connectivity index (χ4n) is 1.77. The van der Waals surface area contributed by atoms with Gasteiger partial charge in [-0.15, -0.1) is 0 Å². The van der Waals surface area contributed by atoms with E-state index in [1.54, 1.807) is 24.3 Å². The molecule has 0 saturated carbocycles. The van der Waals surface area contributed by atoms with Crippen LogP contribution in [-0.2, 0) is 20.3 Å². The van der Waals surface area contributed by atoms with Crippen molar-refractivity contribution in [1.82, 2.24) is 0 Å². The molecule has 0 aliphatic heterocycles. The van der Waals surface area contributed by atoms with Crippen LogP contribution in [0.1, 0.15) is 26.2 Å². The second kappa shape index (κ2) is 7.94. The number of carbonyl (C=O) groups excluding carboxylic acids is 1. The van der Waals surface area contributed by atoms with Crippen molar-refractivity contribution >= 4 is 16.8 Å². The average molecular weight is 284 g/mol. The zero-order valence-electron chi connectivity index (χ0n) is 11.5. The number of methoxy groups -OCH3 is 2. The summed E-state index contributed by atoms with van der Waals surface area (Å²) in [6.07, 6.45) is 2.32. The minimum Gasteiger partial charge on any atom is -0.495 e. The molecule has 0 spiro atoms. The number of benzene rings is 1. The second-order valence-corrected chi connectivity index (χ2v) is 5.71. The number of hydrogen-bond acceptors (Lipinski definition) is 4. The molecule has 4 nitrogen and oxygen atoms in total. The molecule has 2 atom stereocenters. The van der Waals surface area contributed by atoms with Crippen molar-refractivity contribution in [1.29, 1.82) is 0 Å². The highest BCUT2D eigenvalue weighted by Gasteiger charge is 2.28. The van der Waals surface area contributed by atoms with Gasteiger partial charge in [-0.2, -0.15) is 0 Å². The molecule has 106 valence electrons. The third-order valence-corrected chi connectivity index (χ3v) is 4.54. The zero-order valence-corrected chi connectivity index (χ0v) is 12.4. The fraction of sp³-hybridized carbons (Fsp3) is 0.500. The van der Waals surface area contributed by atoms with Crippen molar-refractivity contribution in [3.8, 4) is 5.75 Å². The van der Waals surface area contributed by atoms with E-state index in [1.807, 2.05) is 6.92 Å². The largest absolute Gasteiger partial charge is 0.495 e. The van der Waals surface area contributed by atoms with Gasteiger partial charge in [-0.3, -0.25) is 9.00 Å². The van der Waals surface area contributed by atoms with Gasteiger partial charge in [0.2, 0.25) is 0 Å². The SMILES string of the molecule is CCCCC(C(=O)OC)S(=O)c1ccccc1OC. The molecule has 0 heterocycles. The summed E-state index contributed by atoms with van der Waals surface area (Å²) in [5.41, 5.74) is 0. The Morgan fingerprint density at radius 3 is 2.58 bits per heavy atom. The van der Waals surface area contributed by atoms with Gasteiger partial charge in [0.15, 0.2) is 0 Å². The van der Waals surface area contributed by atoms with Crippen molar-refractivity contribution in [2.45, 2.75) is 36.3 Å². The van der Waals surface area contributed by atoms with Gasteiger partial charge in [0, 0.05) is 0 Å². The van der Waals surface area contributed by atoms with E-state index in [1.165, 1.54) is 14.2 Å². The van der Waals surface area contributed by atoms with Gasteiger partial charge >= 0.3 is 5.97 Å². The number of rotatable bonds is 7. The lowest BCUT2D eigenvalue weighted by Crippen LogP contribution is -2.27. The van der Waals surface area contributed by atoms with E-state index in [0.29, 0.717) is 17.1 Å². The van der Waals surface area contributed by atoms with Crippen LogP contribution in [0.3, 0.4) is 0 Å². The molecule has 0 radical (unpaired) electrons.